The summed E-state index contributed by atoms with van der Waals surface area (Å²) in [5, 5.41) is 8.92. The Morgan fingerprint density at radius 1 is 1.58 bits per heavy atom. The first-order valence-electron chi connectivity index (χ1n) is 5.57. The van der Waals surface area contributed by atoms with E-state index in [2.05, 4.69) is 15.0 Å². The van der Waals surface area contributed by atoms with E-state index in [0.29, 0.717) is 0 Å². The van der Waals surface area contributed by atoms with E-state index in [1.54, 1.807) is 0 Å². The van der Waals surface area contributed by atoms with Gasteiger partial charge in [-0.25, -0.2) is 18.7 Å². The van der Waals surface area contributed by atoms with Crippen molar-refractivity contribution in [2.24, 2.45) is 0 Å². The van der Waals surface area contributed by atoms with Crippen LogP contribution in [0.3, 0.4) is 0 Å². The van der Waals surface area contributed by atoms with Gasteiger partial charge in [0, 0.05) is 6.42 Å². The van der Waals surface area contributed by atoms with Crippen LogP contribution in [-0.4, -0.2) is 43.3 Å². The first kappa shape index (κ1) is 12.2. The Morgan fingerprint density at radius 2 is 2.37 bits per heavy atom. The Labute approximate surface area is 104 Å². The molecule has 19 heavy (non-hydrogen) atoms. The summed E-state index contributed by atoms with van der Waals surface area (Å²) < 4.78 is 33.8. The van der Waals surface area contributed by atoms with Gasteiger partial charge in [0.25, 0.3) is 11.5 Å². The number of ether oxygens (including phenoxy) is 1. The van der Waals surface area contributed by atoms with Crippen molar-refractivity contribution in [2.45, 2.75) is 24.7 Å². The van der Waals surface area contributed by atoms with Crippen molar-refractivity contribution in [1.29, 1.82) is 0 Å². The summed E-state index contributed by atoms with van der Waals surface area (Å²) in [4.78, 5) is 21.3. The number of H-pyrrole nitrogens is 1. The van der Waals surface area contributed by atoms with Crippen LogP contribution in [0.2, 0.25) is 0 Å². The van der Waals surface area contributed by atoms with Crippen molar-refractivity contribution in [2.75, 3.05) is 6.61 Å². The predicted molar refractivity (Wildman–Crippen MR) is 58.7 cm³/mol. The molecule has 1 aliphatic heterocycles. The lowest BCUT2D eigenvalue weighted by Crippen LogP contribution is -2.26. The van der Waals surface area contributed by atoms with Crippen LogP contribution in [0.5, 0.6) is 0 Å². The number of halogens is 2. The van der Waals surface area contributed by atoms with Gasteiger partial charge in [-0.05, 0) is 0 Å². The lowest BCUT2D eigenvalue weighted by molar-refractivity contribution is -0.116. The van der Waals surface area contributed by atoms with Gasteiger partial charge in [-0.15, -0.1) is 0 Å². The van der Waals surface area contributed by atoms with Gasteiger partial charge in [0.1, 0.15) is 0 Å². The molecule has 0 bridgehead atoms. The third kappa shape index (κ3) is 1.81. The fourth-order valence-corrected chi connectivity index (χ4v) is 2.15. The van der Waals surface area contributed by atoms with Gasteiger partial charge in [-0.1, -0.05) is 0 Å². The van der Waals surface area contributed by atoms with Crippen LogP contribution in [0, 0.1) is 0 Å². The Kier molecular flexibility index (Phi) is 2.61. The van der Waals surface area contributed by atoms with E-state index in [-0.39, 0.29) is 11.2 Å². The molecule has 0 spiro atoms. The maximum Gasteiger partial charge on any atom is 0.295 e. The quantitative estimate of drug-likeness (QED) is 0.804. The van der Waals surface area contributed by atoms with E-state index in [1.807, 2.05) is 0 Å². The fraction of sp³-hybridized carbons (Fsp3) is 0.500. The molecule has 9 heteroatoms. The summed E-state index contributed by atoms with van der Waals surface area (Å²) in [5.41, 5.74) is -0.523. The third-order valence-electron chi connectivity index (χ3n) is 3.00. The molecule has 1 saturated heterocycles. The second-order valence-corrected chi connectivity index (χ2v) is 4.31. The molecule has 3 heterocycles. The number of hydrogen-bond donors (Lipinski definition) is 2. The lowest BCUT2D eigenvalue weighted by Gasteiger charge is -2.19. The number of nitrogens with one attached hydrogen (secondary N) is 1. The van der Waals surface area contributed by atoms with Gasteiger partial charge in [0.15, 0.2) is 11.2 Å². The van der Waals surface area contributed by atoms with Crippen molar-refractivity contribution in [3.05, 3.63) is 23.0 Å². The molecule has 1 aliphatic rings. The Balaban J connectivity index is 2.10. The molecule has 0 amide bonds. The van der Waals surface area contributed by atoms with Crippen molar-refractivity contribution < 1.29 is 18.6 Å². The zero-order chi connectivity index (χ0) is 13.6. The van der Waals surface area contributed by atoms with Gasteiger partial charge in [-0.3, -0.25) is 9.36 Å². The summed E-state index contributed by atoms with van der Waals surface area (Å²) in [5.74, 6) is -3.16. The standard InChI is InChI=1S/C10H10F2N4O3/c11-10(12)1-5(2-17)19-9(10)16-4-15-6-7(16)13-3-14-8(6)18/h3-5,9,17H,1-2H2,(H,13,14,18)/t5-,9+/m1/s1. The van der Waals surface area contributed by atoms with Crippen molar-refractivity contribution in [3.63, 3.8) is 0 Å². The number of rotatable bonds is 2. The predicted octanol–water partition coefficient (Wildman–Crippen LogP) is 0.0347. The van der Waals surface area contributed by atoms with E-state index >= 15 is 0 Å². The average molecular weight is 272 g/mol. The number of aliphatic hydroxyl groups excluding tert-OH is 1. The molecule has 0 aliphatic carbocycles. The zero-order valence-electron chi connectivity index (χ0n) is 9.58. The second kappa shape index (κ2) is 4.07. The number of aromatic amines is 1. The molecule has 2 aromatic rings. The fourth-order valence-electron chi connectivity index (χ4n) is 2.15. The topological polar surface area (TPSA) is 93.0 Å². The molecule has 0 radical (unpaired) electrons. The molecule has 0 aromatic carbocycles. The summed E-state index contributed by atoms with van der Waals surface area (Å²) in [6.07, 6.45) is -0.953. The first-order valence-corrected chi connectivity index (χ1v) is 5.57. The minimum absolute atomic E-state index is 0.0204. The smallest absolute Gasteiger partial charge is 0.295 e. The minimum atomic E-state index is -3.16. The summed E-state index contributed by atoms with van der Waals surface area (Å²) >= 11 is 0. The molecule has 102 valence electrons. The van der Waals surface area contributed by atoms with Gasteiger partial charge in [-0.2, -0.15) is 0 Å². The van der Waals surface area contributed by atoms with Crippen LogP contribution >= 0.6 is 0 Å². The minimum Gasteiger partial charge on any atom is -0.394 e. The normalized spacial score (nSPS) is 26.1. The molecule has 2 atom stereocenters. The molecular formula is C10H10F2N4O3. The number of aromatic nitrogens is 4. The largest absolute Gasteiger partial charge is 0.394 e. The third-order valence-corrected chi connectivity index (χ3v) is 3.00. The van der Waals surface area contributed by atoms with E-state index in [1.165, 1.54) is 0 Å². The van der Waals surface area contributed by atoms with Crippen molar-refractivity contribution >= 4 is 11.2 Å². The highest BCUT2D eigenvalue weighted by molar-refractivity contribution is 5.68. The van der Waals surface area contributed by atoms with Crippen LogP contribution < -0.4 is 5.56 Å². The van der Waals surface area contributed by atoms with Crippen LogP contribution in [0.4, 0.5) is 8.78 Å². The Morgan fingerprint density at radius 3 is 3.05 bits per heavy atom. The van der Waals surface area contributed by atoms with Gasteiger partial charge in [0.2, 0.25) is 6.23 Å². The van der Waals surface area contributed by atoms with Gasteiger partial charge < -0.3 is 14.8 Å². The Hall–Kier alpha value is -1.87. The lowest BCUT2D eigenvalue weighted by atomic mass is 10.2. The van der Waals surface area contributed by atoms with Gasteiger partial charge in [0.05, 0.1) is 25.4 Å². The summed E-state index contributed by atoms with van der Waals surface area (Å²) in [7, 11) is 0. The van der Waals surface area contributed by atoms with Gasteiger partial charge >= 0.3 is 0 Å². The molecule has 0 saturated carbocycles. The molecule has 3 rings (SSSR count). The van der Waals surface area contributed by atoms with Crippen molar-refractivity contribution in [3.8, 4) is 0 Å². The first-order chi connectivity index (χ1) is 9.03. The Bertz CT molecular complexity index is 668. The molecule has 7 nitrogen and oxygen atoms in total. The highest BCUT2D eigenvalue weighted by Gasteiger charge is 2.51. The second-order valence-electron chi connectivity index (χ2n) is 4.31. The number of aliphatic hydroxyl groups is 1. The highest BCUT2D eigenvalue weighted by atomic mass is 19.3. The molecule has 2 N–H and O–H groups in total. The van der Waals surface area contributed by atoms with E-state index < -0.39 is 36.8 Å². The molecular weight excluding hydrogens is 262 g/mol. The maximum absolute atomic E-state index is 13.8. The highest BCUT2D eigenvalue weighted by Crippen LogP contribution is 2.42. The number of nitrogens with zero attached hydrogens (tertiary/aromatic N) is 3. The SMILES string of the molecule is O=c1[nH]cnc2c1ncn2[C@H]1O[C@@H](CO)CC1(F)F. The number of imidazole rings is 1. The van der Waals surface area contributed by atoms with E-state index in [9.17, 15) is 13.6 Å². The zero-order valence-corrected chi connectivity index (χ0v) is 9.58. The number of hydrogen-bond acceptors (Lipinski definition) is 5. The maximum atomic E-state index is 13.8. The monoisotopic (exact) mass is 272 g/mol. The summed E-state index contributed by atoms with van der Waals surface area (Å²) in [6, 6.07) is 0. The van der Waals surface area contributed by atoms with Crippen LogP contribution in [0.25, 0.3) is 11.2 Å². The van der Waals surface area contributed by atoms with Crippen LogP contribution in [0.15, 0.2) is 17.4 Å². The summed E-state index contributed by atoms with van der Waals surface area (Å²) in [6.45, 7) is -0.493. The molecule has 1 fully saturated rings. The van der Waals surface area contributed by atoms with E-state index in [4.69, 9.17) is 9.84 Å². The molecule has 0 unspecified atom stereocenters. The average Bonchev–Trinajstić information content (AvgIpc) is 2.90. The number of fused-ring (bicyclic) bond motifs is 1. The van der Waals surface area contributed by atoms with Crippen molar-refractivity contribution in [1.82, 2.24) is 19.5 Å². The molecule has 2 aromatic heterocycles. The number of alkyl halides is 2. The van der Waals surface area contributed by atoms with Crippen LogP contribution in [0.1, 0.15) is 12.6 Å². The van der Waals surface area contributed by atoms with Crippen LogP contribution in [-0.2, 0) is 4.74 Å². The van der Waals surface area contributed by atoms with E-state index in [0.717, 1.165) is 17.2 Å².